The predicted molar refractivity (Wildman–Crippen MR) is 73.1 cm³/mol. The molecule has 0 spiro atoms. The van der Waals surface area contributed by atoms with Gasteiger partial charge in [0.15, 0.2) is 0 Å². The van der Waals surface area contributed by atoms with Crippen molar-refractivity contribution >= 4 is 17.5 Å². The Labute approximate surface area is 112 Å². The number of anilines is 1. The lowest BCUT2D eigenvalue weighted by Crippen LogP contribution is -2.30. The Bertz CT molecular complexity index is 472. The van der Waals surface area contributed by atoms with Crippen molar-refractivity contribution in [3.05, 3.63) is 23.8 Å². The summed E-state index contributed by atoms with van der Waals surface area (Å²) < 4.78 is 5.04. The molecule has 1 aromatic rings. The summed E-state index contributed by atoms with van der Waals surface area (Å²) in [7, 11) is 4.83. The SMILES string of the molecule is COc1cccc(C(=O)NCCC(=O)N(C)C)c1N. The van der Waals surface area contributed by atoms with Crippen molar-refractivity contribution in [2.45, 2.75) is 6.42 Å². The maximum atomic E-state index is 11.9. The number of benzene rings is 1. The first-order chi connectivity index (χ1) is 8.97. The van der Waals surface area contributed by atoms with Gasteiger partial charge in [0.1, 0.15) is 5.75 Å². The summed E-state index contributed by atoms with van der Waals surface area (Å²) in [5, 5.41) is 2.65. The molecule has 0 aliphatic rings. The summed E-state index contributed by atoms with van der Waals surface area (Å²) in [6, 6.07) is 4.98. The molecule has 1 rings (SSSR count). The maximum absolute atomic E-state index is 11.9. The number of nitrogens with two attached hydrogens (primary N) is 1. The number of para-hydroxylation sites is 1. The van der Waals surface area contributed by atoms with Gasteiger partial charge in [-0.15, -0.1) is 0 Å². The Hall–Kier alpha value is -2.24. The van der Waals surface area contributed by atoms with Crippen LogP contribution in [0, 0.1) is 0 Å². The van der Waals surface area contributed by atoms with Crippen LogP contribution in [0.15, 0.2) is 18.2 Å². The Morgan fingerprint density at radius 3 is 2.63 bits per heavy atom. The monoisotopic (exact) mass is 265 g/mol. The first-order valence-corrected chi connectivity index (χ1v) is 5.88. The number of nitrogens with one attached hydrogen (secondary N) is 1. The lowest BCUT2D eigenvalue weighted by Gasteiger charge is -2.12. The Morgan fingerprint density at radius 2 is 2.05 bits per heavy atom. The van der Waals surface area contributed by atoms with Crippen molar-refractivity contribution in [1.29, 1.82) is 0 Å². The van der Waals surface area contributed by atoms with E-state index in [0.29, 0.717) is 17.0 Å². The third-order valence-electron chi connectivity index (χ3n) is 2.65. The van der Waals surface area contributed by atoms with Gasteiger partial charge in [-0.1, -0.05) is 6.07 Å². The first-order valence-electron chi connectivity index (χ1n) is 5.88. The molecule has 0 unspecified atom stereocenters. The molecular weight excluding hydrogens is 246 g/mol. The largest absolute Gasteiger partial charge is 0.495 e. The zero-order chi connectivity index (χ0) is 14.4. The lowest BCUT2D eigenvalue weighted by molar-refractivity contribution is -0.128. The average Bonchev–Trinajstić information content (AvgIpc) is 2.38. The van der Waals surface area contributed by atoms with Gasteiger partial charge < -0.3 is 20.7 Å². The van der Waals surface area contributed by atoms with E-state index in [0.717, 1.165) is 0 Å². The van der Waals surface area contributed by atoms with E-state index < -0.39 is 0 Å². The van der Waals surface area contributed by atoms with Gasteiger partial charge in [0.05, 0.1) is 18.4 Å². The molecular formula is C13H19N3O3. The van der Waals surface area contributed by atoms with Gasteiger partial charge in [-0.25, -0.2) is 0 Å². The zero-order valence-electron chi connectivity index (χ0n) is 11.4. The third kappa shape index (κ3) is 3.87. The van der Waals surface area contributed by atoms with Crippen molar-refractivity contribution in [1.82, 2.24) is 10.2 Å². The van der Waals surface area contributed by atoms with E-state index in [-0.39, 0.29) is 24.8 Å². The van der Waals surface area contributed by atoms with Crippen LogP contribution in [-0.4, -0.2) is 44.5 Å². The highest BCUT2D eigenvalue weighted by molar-refractivity contribution is 6.00. The standard InChI is InChI=1S/C13H19N3O3/c1-16(2)11(17)7-8-15-13(18)9-5-4-6-10(19-3)12(9)14/h4-6H,7-8,14H2,1-3H3,(H,15,18). The molecule has 104 valence electrons. The van der Waals surface area contributed by atoms with Crippen LogP contribution in [0.5, 0.6) is 5.75 Å². The number of nitrogens with zero attached hydrogens (tertiary/aromatic N) is 1. The molecule has 19 heavy (non-hydrogen) atoms. The second-order valence-electron chi connectivity index (χ2n) is 4.22. The summed E-state index contributed by atoms with van der Waals surface area (Å²) in [5.74, 6) is 0.0962. The van der Waals surface area contributed by atoms with Crippen LogP contribution in [0.4, 0.5) is 5.69 Å². The van der Waals surface area contributed by atoms with Gasteiger partial charge in [-0.05, 0) is 12.1 Å². The number of hydrogen-bond acceptors (Lipinski definition) is 4. The Balaban J connectivity index is 2.62. The summed E-state index contributed by atoms with van der Waals surface area (Å²) in [6.07, 6.45) is 0.253. The summed E-state index contributed by atoms with van der Waals surface area (Å²) in [4.78, 5) is 24.7. The number of hydrogen-bond donors (Lipinski definition) is 2. The van der Waals surface area contributed by atoms with Crippen LogP contribution in [0.25, 0.3) is 0 Å². The number of rotatable bonds is 5. The molecule has 0 radical (unpaired) electrons. The highest BCUT2D eigenvalue weighted by atomic mass is 16.5. The smallest absolute Gasteiger partial charge is 0.253 e. The van der Waals surface area contributed by atoms with Crippen molar-refractivity contribution in [2.75, 3.05) is 33.5 Å². The van der Waals surface area contributed by atoms with E-state index in [4.69, 9.17) is 10.5 Å². The van der Waals surface area contributed by atoms with Crippen LogP contribution < -0.4 is 15.8 Å². The quantitative estimate of drug-likeness (QED) is 0.759. The molecule has 2 amide bonds. The number of nitrogen functional groups attached to an aromatic ring is 1. The van der Waals surface area contributed by atoms with Crippen LogP contribution in [-0.2, 0) is 4.79 Å². The number of carbonyl (C=O) groups excluding carboxylic acids is 2. The fourth-order valence-electron chi connectivity index (χ4n) is 1.52. The van der Waals surface area contributed by atoms with E-state index in [1.54, 1.807) is 32.3 Å². The highest BCUT2D eigenvalue weighted by Crippen LogP contribution is 2.24. The molecule has 0 saturated carbocycles. The van der Waals surface area contributed by atoms with Crippen molar-refractivity contribution in [3.63, 3.8) is 0 Å². The van der Waals surface area contributed by atoms with E-state index in [2.05, 4.69) is 5.32 Å². The zero-order valence-corrected chi connectivity index (χ0v) is 11.4. The van der Waals surface area contributed by atoms with Gasteiger partial charge in [0.25, 0.3) is 5.91 Å². The van der Waals surface area contributed by atoms with E-state index >= 15 is 0 Å². The molecule has 0 aliphatic heterocycles. The maximum Gasteiger partial charge on any atom is 0.253 e. The molecule has 1 aromatic carbocycles. The number of amides is 2. The Morgan fingerprint density at radius 1 is 1.37 bits per heavy atom. The minimum atomic E-state index is -0.317. The average molecular weight is 265 g/mol. The van der Waals surface area contributed by atoms with Crippen LogP contribution >= 0.6 is 0 Å². The van der Waals surface area contributed by atoms with Gasteiger partial charge in [-0.3, -0.25) is 9.59 Å². The van der Waals surface area contributed by atoms with E-state index in [9.17, 15) is 9.59 Å². The van der Waals surface area contributed by atoms with Crippen LogP contribution in [0.3, 0.4) is 0 Å². The highest BCUT2D eigenvalue weighted by Gasteiger charge is 2.13. The summed E-state index contributed by atoms with van der Waals surface area (Å²) in [6.45, 7) is 0.270. The van der Waals surface area contributed by atoms with Crippen LogP contribution in [0.2, 0.25) is 0 Å². The van der Waals surface area contributed by atoms with Gasteiger partial charge in [-0.2, -0.15) is 0 Å². The molecule has 0 fully saturated rings. The van der Waals surface area contributed by atoms with Crippen molar-refractivity contribution < 1.29 is 14.3 Å². The lowest BCUT2D eigenvalue weighted by atomic mass is 10.1. The molecule has 0 aliphatic carbocycles. The predicted octanol–water partition coefficient (Wildman–Crippen LogP) is 0.486. The number of ether oxygens (including phenoxy) is 1. The molecule has 0 saturated heterocycles. The molecule has 3 N–H and O–H groups in total. The second kappa shape index (κ2) is 6.63. The summed E-state index contributed by atoms with van der Waals surface area (Å²) in [5.41, 5.74) is 6.45. The molecule has 6 nitrogen and oxygen atoms in total. The molecule has 0 atom stereocenters. The fraction of sp³-hybridized carbons (Fsp3) is 0.385. The van der Waals surface area contributed by atoms with E-state index in [1.807, 2.05) is 0 Å². The number of carbonyl (C=O) groups is 2. The summed E-state index contributed by atoms with van der Waals surface area (Å²) >= 11 is 0. The Kier molecular flexibility index (Phi) is 5.17. The minimum Gasteiger partial charge on any atom is -0.495 e. The normalized spacial score (nSPS) is 9.84. The van der Waals surface area contributed by atoms with E-state index in [1.165, 1.54) is 12.0 Å². The molecule has 0 aromatic heterocycles. The fourth-order valence-corrected chi connectivity index (χ4v) is 1.52. The van der Waals surface area contributed by atoms with Gasteiger partial charge in [0.2, 0.25) is 5.91 Å². The third-order valence-corrected chi connectivity index (χ3v) is 2.65. The molecule has 0 bridgehead atoms. The van der Waals surface area contributed by atoms with Gasteiger partial charge in [0, 0.05) is 27.1 Å². The first kappa shape index (κ1) is 14.8. The van der Waals surface area contributed by atoms with Crippen LogP contribution in [0.1, 0.15) is 16.8 Å². The molecule has 6 heteroatoms. The van der Waals surface area contributed by atoms with Gasteiger partial charge >= 0.3 is 0 Å². The number of methoxy groups -OCH3 is 1. The van der Waals surface area contributed by atoms with Crippen molar-refractivity contribution in [2.24, 2.45) is 0 Å². The topological polar surface area (TPSA) is 84.7 Å². The second-order valence-corrected chi connectivity index (χ2v) is 4.22. The molecule has 0 heterocycles. The minimum absolute atomic E-state index is 0.0427. The van der Waals surface area contributed by atoms with Crippen molar-refractivity contribution in [3.8, 4) is 5.75 Å².